The van der Waals surface area contributed by atoms with Gasteiger partial charge in [0.15, 0.2) is 0 Å². The Kier molecular flexibility index (Phi) is 4.20. The summed E-state index contributed by atoms with van der Waals surface area (Å²) in [5.41, 5.74) is 1.13. The van der Waals surface area contributed by atoms with Crippen LogP contribution in [-0.4, -0.2) is 42.5 Å². The molecule has 0 saturated carbocycles. The molecule has 1 aromatic rings. The van der Waals surface area contributed by atoms with Crippen molar-refractivity contribution in [3.63, 3.8) is 0 Å². The average Bonchev–Trinajstić information content (AvgIpc) is 2.47. The largest absolute Gasteiger partial charge is 0.368 e. The van der Waals surface area contributed by atoms with Gasteiger partial charge in [-0.1, -0.05) is 6.92 Å². The number of non-ortho nitro benzene ring substituents is 1. The lowest BCUT2D eigenvalue weighted by Crippen LogP contribution is -2.51. The van der Waals surface area contributed by atoms with Gasteiger partial charge in [-0.15, -0.1) is 0 Å². The standard InChI is InChI=1S/C14H18N4O2/c1-3-12-10-17(7-6-16(12)2)14-5-4-13(18(19)20)8-11(14)9-15/h4-5,8,12H,3,6-7,10H2,1-2H3. The molecule has 0 aliphatic carbocycles. The second-order valence-corrected chi connectivity index (χ2v) is 5.06. The molecular weight excluding hydrogens is 256 g/mol. The van der Waals surface area contributed by atoms with Crippen molar-refractivity contribution in [1.82, 2.24) is 4.90 Å². The van der Waals surface area contributed by atoms with E-state index in [0.29, 0.717) is 11.6 Å². The predicted molar refractivity (Wildman–Crippen MR) is 76.7 cm³/mol. The molecule has 6 heteroatoms. The fraction of sp³-hybridized carbons (Fsp3) is 0.500. The van der Waals surface area contributed by atoms with Crippen molar-refractivity contribution >= 4 is 11.4 Å². The number of nitrogens with zero attached hydrogens (tertiary/aromatic N) is 4. The first-order chi connectivity index (χ1) is 9.56. The van der Waals surface area contributed by atoms with Crippen molar-refractivity contribution in [2.24, 2.45) is 0 Å². The molecule has 6 nitrogen and oxygen atoms in total. The number of piperazine rings is 1. The van der Waals surface area contributed by atoms with Crippen LogP contribution in [0.2, 0.25) is 0 Å². The van der Waals surface area contributed by atoms with E-state index in [-0.39, 0.29) is 5.69 Å². The Labute approximate surface area is 118 Å². The Bertz CT molecular complexity index is 553. The zero-order valence-electron chi connectivity index (χ0n) is 11.7. The molecule has 0 spiro atoms. The van der Waals surface area contributed by atoms with E-state index in [0.717, 1.165) is 31.7 Å². The first-order valence-electron chi connectivity index (χ1n) is 6.70. The second-order valence-electron chi connectivity index (χ2n) is 5.06. The summed E-state index contributed by atoms with van der Waals surface area (Å²) in [7, 11) is 2.10. The minimum absolute atomic E-state index is 0.0357. The van der Waals surface area contributed by atoms with E-state index in [1.165, 1.54) is 12.1 Å². The topological polar surface area (TPSA) is 73.4 Å². The molecule has 0 N–H and O–H groups in total. The van der Waals surface area contributed by atoms with E-state index < -0.39 is 4.92 Å². The van der Waals surface area contributed by atoms with E-state index in [2.05, 4.69) is 29.8 Å². The monoisotopic (exact) mass is 274 g/mol. The van der Waals surface area contributed by atoms with Crippen LogP contribution in [0.3, 0.4) is 0 Å². The number of rotatable bonds is 3. The molecule has 106 valence electrons. The number of benzene rings is 1. The van der Waals surface area contributed by atoms with E-state index >= 15 is 0 Å². The Hall–Kier alpha value is -2.13. The highest BCUT2D eigenvalue weighted by molar-refractivity contribution is 5.63. The highest BCUT2D eigenvalue weighted by Gasteiger charge is 2.25. The smallest absolute Gasteiger partial charge is 0.270 e. The zero-order chi connectivity index (χ0) is 14.7. The predicted octanol–water partition coefficient (Wildman–Crippen LogP) is 2.00. The van der Waals surface area contributed by atoms with Crippen molar-refractivity contribution in [2.75, 3.05) is 31.6 Å². The maximum atomic E-state index is 10.8. The van der Waals surface area contributed by atoms with Crippen molar-refractivity contribution < 1.29 is 4.92 Å². The zero-order valence-corrected chi connectivity index (χ0v) is 11.7. The molecule has 1 saturated heterocycles. The number of nitro groups is 1. The number of nitro benzene ring substituents is 1. The van der Waals surface area contributed by atoms with Crippen LogP contribution in [0.4, 0.5) is 11.4 Å². The lowest BCUT2D eigenvalue weighted by atomic mass is 10.1. The van der Waals surface area contributed by atoms with Crippen molar-refractivity contribution in [3.05, 3.63) is 33.9 Å². The first-order valence-corrected chi connectivity index (χ1v) is 6.70. The van der Waals surface area contributed by atoms with Crippen molar-refractivity contribution in [3.8, 4) is 6.07 Å². The molecular formula is C14H18N4O2. The molecule has 1 unspecified atom stereocenters. The van der Waals surface area contributed by atoms with Gasteiger partial charge in [0.25, 0.3) is 5.69 Å². The van der Waals surface area contributed by atoms with Crippen molar-refractivity contribution in [2.45, 2.75) is 19.4 Å². The summed E-state index contributed by atoms with van der Waals surface area (Å²) in [6.45, 7) is 4.76. The average molecular weight is 274 g/mol. The van der Waals surface area contributed by atoms with E-state index in [4.69, 9.17) is 0 Å². The highest BCUT2D eigenvalue weighted by atomic mass is 16.6. The van der Waals surface area contributed by atoms with E-state index in [1.807, 2.05) is 0 Å². The summed E-state index contributed by atoms with van der Waals surface area (Å²) in [6, 6.07) is 7.03. The minimum Gasteiger partial charge on any atom is -0.368 e. The molecule has 1 atom stereocenters. The fourth-order valence-electron chi connectivity index (χ4n) is 2.61. The third-order valence-electron chi connectivity index (χ3n) is 3.90. The fourth-order valence-corrected chi connectivity index (χ4v) is 2.61. The van der Waals surface area contributed by atoms with Gasteiger partial charge in [0.1, 0.15) is 6.07 Å². The van der Waals surface area contributed by atoms with Gasteiger partial charge in [0.05, 0.1) is 16.2 Å². The van der Waals surface area contributed by atoms with Crippen LogP contribution < -0.4 is 4.90 Å². The Morgan fingerprint density at radius 2 is 2.25 bits per heavy atom. The summed E-state index contributed by atoms with van der Waals surface area (Å²) >= 11 is 0. The quantitative estimate of drug-likeness (QED) is 0.622. The van der Waals surface area contributed by atoms with Gasteiger partial charge in [-0.3, -0.25) is 15.0 Å². The number of anilines is 1. The van der Waals surface area contributed by atoms with Gasteiger partial charge >= 0.3 is 0 Å². The Morgan fingerprint density at radius 1 is 1.50 bits per heavy atom. The highest BCUT2D eigenvalue weighted by Crippen LogP contribution is 2.27. The van der Waals surface area contributed by atoms with Gasteiger partial charge < -0.3 is 4.90 Å². The van der Waals surface area contributed by atoms with Gasteiger partial charge in [0, 0.05) is 37.8 Å². The second kappa shape index (κ2) is 5.88. The molecule has 0 aromatic heterocycles. The van der Waals surface area contributed by atoms with Crippen LogP contribution in [0.5, 0.6) is 0 Å². The Balaban J connectivity index is 2.29. The lowest BCUT2D eigenvalue weighted by Gasteiger charge is -2.40. The summed E-state index contributed by atoms with van der Waals surface area (Å²) in [5, 5.41) is 20.0. The molecule has 1 heterocycles. The van der Waals surface area contributed by atoms with E-state index in [9.17, 15) is 15.4 Å². The van der Waals surface area contributed by atoms with Crippen LogP contribution in [0.15, 0.2) is 18.2 Å². The maximum Gasteiger partial charge on any atom is 0.270 e. The van der Waals surface area contributed by atoms with Crippen LogP contribution in [-0.2, 0) is 0 Å². The molecule has 20 heavy (non-hydrogen) atoms. The third-order valence-corrected chi connectivity index (χ3v) is 3.90. The van der Waals surface area contributed by atoms with E-state index in [1.54, 1.807) is 6.07 Å². The molecule has 1 aromatic carbocycles. The molecule has 1 aliphatic rings. The van der Waals surface area contributed by atoms with Gasteiger partial charge in [-0.05, 0) is 19.5 Å². The summed E-state index contributed by atoms with van der Waals surface area (Å²) in [6.07, 6.45) is 1.04. The summed E-state index contributed by atoms with van der Waals surface area (Å²) in [4.78, 5) is 14.8. The van der Waals surface area contributed by atoms with Gasteiger partial charge in [-0.25, -0.2) is 0 Å². The maximum absolute atomic E-state index is 10.8. The molecule has 0 amide bonds. The number of likely N-dealkylation sites (N-methyl/N-ethyl adjacent to an activating group) is 1. The normalized spacial score (nSPS) is 19.6. The number of hydrogen-bond acceptors (Lipinski definition) is 5. The van der Waals surface area contributed by atoms with Crippen LogP contribution >= 0.6 is 0 Å². The van der Waals surface area contributed by atoms with Gasteiger partial charge in [0.2, 0.25) is 0 Å². The molecule has 1 fully saturated rings. The van der Waals surface area contributed by atoms with Crippen molar-refractivity contribution in [1.29, 1.82) is 5.26 Å². The van der Waals surface area contributed by atoms with Gasteiger partial charge in [-0.2, -0.15) is 5.26 Å². The molecule has 0 radical (unpaired) electrons. The van der Waals surface area contributed by atoms with Crippen LogP contribution in [0.1, 0.15) is 18.9 Å². The number of hydrogen-bond donors (Lipinski definition) is 0. The van der Waals surface area contributed by atoms with Crippen LogP contribution in [0, 0.1) is 21.4 Å². The first kappa shape index (κ1) is 14.3. The SMILES string of the molecule is CCC1CN(c2ccc([N+](=O)[O-])cc2C#N)CCN1C. The molecule has 2 rings (SSSR count). The lowest BCUT2D eigenvalue weighted by molar-refractivity contribution is -0.384. The minimum atomic E-state index is -0.469. The molecule has 1 aliphatic heterocycles. The summed E-state index contributed by atoms with van der Waals surface area (Å²) < 4.78 is 0. The third kappa shape index (κ3) is 2.73. The number of nitriles is 1. The Morgan fingerprint density at radius 3 is 2.85 bits per heavy atom. The molecule has 0 bridgehead atoms. The van der Waals surface area contributed by atoms with Crippen LogP contribution in [0.25, 0.3) is 0 Å². The summed E-state index contributed by atoms with van der Waals surface area (Å²) in [5.74, 6) is 0.